The second-order valence-corrected chi connectivity index (χ2v) is 4.57. The van der Waals surface area contributed by atoms with Crippen LogP contribution in [0.5, 0.6) is 0 Å². The number of nitrogens with one attached hydrogen (secondary N) is 1. The zero-order valence-corrected chi connectivity index (χ0v) is 11.3. The molecule has 6 nitrogen and oxygen atoms in total. The summed E-state index contributed by atoms with van der Waals surface area (Å²) in [5.74, 6) is -0.0221. The summed E-state index contributed by atoms with van der Waals surface area (Å²) in [6.45, 7) is 1.72. The van der Waals surface area contributed by atoms with Gasteiger partial charge in [-0.25, -0.2) is 0 Å². The number of benzene rings is 1. The van der Waals surface area contributed by atoms with E-state index in [4.69, 9.17) is 16.0 Å². The number of nitro groups is 1. The van der Waals surface area contributed by atoms with Gasteiger partial charge in [-0.15, -0.1) is 0 Å². The van der Waals surface area contributed by atoms with Gasteiger partial charge in [0.1, 0.15) is 11.3 Å². The van der Waals surface area contributed by atoms with Gasteiger partial charge in [0.25, 0.3) is 11.6 Å². The molecule has 1 aromatic heterocycles. The summed E-state index contributed by atoms with van der Waals surface area (Å²) in [4.78, 5) is 22.4. The molecule has 0 bridgehead atoms. The number of nitro benzene ring substituents is 1. The second-order valence-electron chi connectivity index (χ2n) is 4.13. The van der Waals surface area contributed by atoms with E-state index in [2.05, 4.69) is 5.32 Å². The van der Waals surface area contributed by atoms with Crippen molar-refractivity contribution >= 4 is 23.2 Å². The lowest BCUT2D eigenvalue weighted by molar-refractivity contribution is -0.385. The first kappa shape index (κ1) is 14.1. The van der Waals surface area contributed by atoms with Crippen molar-refractivity contribution in [2.24, 2.45) is 0 Å². The van der Waals surface area contributed by atoms with Crippen molar-refractivity contribution in [1.29, 1.82) is 0 Å². The Bertz CT molecular complexity index is 640. The van der Waals surface area contributed by atoms with E-state index in [1.54, 1.807) is 19.1 Å². The normalized spacial score (nSPS) is 11.9. The van der Waals surface area contributed by atoms with E-state index in [-0.39, 0.29) is 16.3 Å². The summed E-state index contributed by atoms with van der Waals surface area (Å²) in [6, 6.07) is 6.83. The molecule has 0 saturated carbocycles. The smallest absolute Gasteiger partial charge is 0.282 e. The number of amides is 1. The third-order valence-corrected chi connectivity index (χ3v) is 2.95. The largest absolute Gasteiger partial charge is 0.467 e. The Balaban J connectivity index is 2.25. The molecule has 1 amide bonds. The molecule has 0 fully saturated rings. The molecule has 1 atom stereocenters. The fourth-order valence-electron chi connectivity index (χ4n) is 1.73. The van der Waals surface area contributed by atoms with Crippen molar-refractivity contribution in [2.45, 2.75) is 13.0 Å². The van der Waals surface area contributed by atoms with Gasteiger partial charge in [-0.05, 0) is 31.2 Å². The third-order valence-electron chi connectivity index (χ3n) is 2.72. The Labute approximate surface area is 119 Å². The standard InChI is InChI=1S/C13H11ClN2O4/c1-8(12-3-2-6-20-12)15-13(17)10-7-9(14)4-5-11(10)16(18)19/h2-8H,1H3,(H,15,17). The molecular formula is C13H11ClN2O4. The van der Waals surface area contributed by atoms with Crippen LogP contribution in [0.2, 0.25) is 5.02 Å². The molecule has 7 heteroatoms. The van der Waals surface area contributed by atoms with Crippen molar-refractivity contribution in [3.8, 4) is 0 Å². The van der Waals surface area contributed by atoms with Gasteiger partial charge >= 0.3 is 0 Å². The summed E-state index contributed by atoms with van der Waals surface area (Å²) < 4.78 is 5.16. The summed E-state index contributed by atoms with van der Waals surface area (Å²) >= 11 is 5.78. The zero-order valence-electron chi connectivity index (χ0n) is 10.5. The number of rotatable bonds is 4. The maximum Gasteiger partial charge on any atom is 0.282 e. The molecule has 104 valence electrons. The first-order chi connectivity index (χ1) is 9.49. The lowest BCUT2D eigenvalue weighted by atomic mass is 10.1. The van der Waals surface area contributed by atoms with E-state index in [9.17, 15) is 14.9 Å². The minimum absolute atomic E-state index is 0.0825. The molecule has 0 aliphatic carbocycles. The van der Waals surface area contributed by atoms with E-state index < -0.39 is 16.9 Å². The molecule has 0 aliphatic rings. The molecule has 2 rings (SSSR count). The van der Waals surface area contributed by atoms with Crippen LogP contribution in [-0.4, -0.2) is 10.8 Å². The van der Waals surface area contributed by atoms with Crippen molar-refractivity contribution in [1.82, 2.24) is 5.32 Å². The van der Waals surface area contributed by atoms with E-state index in [0.29, 0.717) is 5.76 Å². The van der Waals surface area contributed by atoms with Gasteiger partial charge in [0, 0.05) is 11.1 Å². The number of hydrogen-bond donors (Lipinski definition) is 1. The second kappa shape index (κ2) is 5.75. The highest BCUT2D eigenvalue weighted by atomic mass is 35.5. The summed E-state index contributed by atoms with van der Waals surface area (Å²) in [5.41, 5.74) is -0.376. The van der Waals surface area contributed by atoms with E-state index >= 15 is 0 Å². The Morgan fingerprint density at radius 1 is 1.45 bits per heavy atom. The van der Waals surface area contributed by atoms with Gasteiger partial charge in [-0.2, -0.15) is 0 Å². The van der Waals surface area contributed by atoms with Crippen molar-refractivity contribution in [3.63, 3.8) is 0 Å². The van der Waals surface area contributed by atoms with Gasteiger partial charge in [0.05, 0.1) is 17.2 Å². The molecule has 0 radical (unpaired) electrons. The first-order valence-corrected chi connectivity index (χ1v) is 6.15. The number of carbonyl (C=O) groups excluding carboxylic acids is 1. The summed E-state index contributed by atoms with van der Waals surface area (Å²) in [6.07, 6.45) is 1.49. The minimum atomic E-state index is -0.622. The van der Waals surface area contributed by atoms with Crippen molar-refractivity contribution < 1.29 is 14.1 Å². The lowest BCUT2D eigenvalue weighted by Crippen LogP contribution is -2.27. The number of furan rings is 1. The van der Waals surface area contributed by atoms with Crippen LogP contribution in [0.1, 0.15) is 29.1 Å². The van der Waals surface area contributed by atoms with Gasteiger partial charge < -0.3 is 9.73 Å². The maximum atomic E-state index is 12.1. The highest BCUT2D eigenvalue weighted by molar-refractivity contribution is 6.31. The number of halogens is 1. The van der Waals surface area contributed by atoms with Crippen LogP contribution in [-0.2, 0) is 0 Å². The highest BCUT2D eigenvalue weighted by Gasteiger charge is 2.22. The van der Waals surface area contributed by atoms with Crippen LogP contribution in [0.4, 0.5) is 5.69 Å². The Hall–Kier alpha value is -2.34. The van der Waals surface area contributed by atoms with Crippen LogP contribution >= 0.6 is 11.6 Å². The number of nitrogens with zero attached hydrogens (tertiary/aromatic N) is 1. The topological polar surface area (TPSA) is 85.4 Å². The van der Waals surface area contributed by atoms with Crippen LogP contribution < -0.4 is 5.32 Å². The van der Waals surface area contributed by atoms with Crippen molar-refractivity contribution in [2.75, 3.05) is 0 Å². The third kappa shape index (κ3) is 2.97. The fraction of sp³-hybridized carbons (Fsp3) is 0.154. The van der Waals surface area contributed by atoms with E-state index in [0.717, 1.165) is 0 Å². The van der Waals surface area contributed by atoms with Crippen LogP contribution in [0.3, 0.4) is 0 Å². The van der Waals surface area contributed by atoms with Gasteiger partial charge in [-0.1, -0.05) is 11.6 Å². The van der Waals surface area contributed by atoms with Crippen LogP contribution in [0.15, 0.2) is 41.0 Å². The Morgan fingerprint density at radius 2 is 2.20 bits per heavy atom. The predicted molar refractivity (Wildman–Crippen MR) is 72.7 cm³/mol. The van der Waals surface area contributed by atoms with Gasteiger partial charge in [0.15, 0.2) is 0 Å². The fourth-order valence-corrected chi connectivity index (χ4v) is 1.90. The molecule has 0 saturated heterocycles. The van der Waals surface area contributed by atoms with Crippen LogP contribution in [0, 0.1) is 10.1 Å². The highest BCUT2D eigenvalue weighted by Crippen LogP contribution is 2.23. The molecule has 1 heterocycles. The first-order valence-electron chi connectivity index (χ1n) is 5.77. The number of hydrogen-bond acceptors (Lipinski definition) is 4. The Kier molecular flexibility index (Phi) is 4.05. The van der Waals surface area contributed by atoms with Crippen molar-refractivity contribution in [3.05, 3.63) is 63.1 Å². The predicted octanol–water partition coefficient (Wildman–Crippen LogP) is 3.33. The molecule has 0 aliphatic heterocycles. The molecule has 1 N–H and O–H groups in total. The monoisotopic (exact) mass is 294 g/mol. The lowest BCUT2D eigenvalue weighted by Gasteiger charge is -2.11. The maximum absolute atomic E-state index is 12.1. The Morgan fingerprint density at radius 3 is 2.80 bits per heavy atom. The molecular weight excluding hydrogens is 284 g/mol. The average Bonchev–Trinajstić information content (AvgIpc) is 2.92. The molecule has 2 aromatic rings. The number of carbonyl (C=O) groups is 1. The molecule has 1 aromatic carbocycles. The molecule has 20 heavy (non-hydrogen) atoms. The van der Waals surface area contributed by atoms with E-state index in [1.807, 2.05) is 0 Å². The quantitative estimate of drug-likeness (QED) is 0.692. The van der Waals surface area contributed by atoms with Crippen LogP contribution in [0.25, 0.3) is 0 Å². The summed E-state index contributed by atoms with van der Waals surface area (Å²) in [7, 11) is 0. The van der Waals surface area contributed by atoms with Gasteiger partial charge in [-0.3, -0.25) is 14.9 Å². The molecule has 1 unspecified atom stereocenters. The zero-order chi connectivity index (χ0) is 14.7. The SMILES string of the molecule is CC(NC(=O)c1cc(Cl)ccc1[N+](=O)[O-])c1ccco1. The minimum Gasteiger partial charge on any atom is -0.467 e. The summed E-state index contributed by atoms with van der Waals surface area (Å²) in [5, 5.41) is 13.8. The van der Waals surface area contributed by atoms with E-state index in [1.165, 1.54) is 24.5 Å². The molecule has 0 spiro atoms. The average molecular weight is 295 g/mol. The van der Waals surface area contributed by atoms with Gasteiger partial charge in [0.2, 0.25) is 0 Å².